The van der Waals surface area contributed by atoms with E-state index in [1.54, 1.807) is 22.9 Å². The second-order valence-electron chi connectivity index (χ2n) is 5.29. The third kappa shape index (κ3) is 5.07. The minimum absolute atomic E-state index is 0.0386. The Morgan fingerprint density at radius 1 is 1.00 bits per heavy atom. The number of benzene rings is 1. The second kappa shape index (κ2) is 8.02. The topological polar surface area (TPSA) is 110 Å². The molecule has 2 heterocycles. The van der Waals surface area contributed by atoms with Gasteiger partial charge in [-0.3, -0.25) is 9.59 Å². The molecule has 26 heavy (non-hydrogen) atoms. The number of carbonyl (C=O) groups excluding carboxylic acids is 2. The first-order valence-corrected chi connectivity index (χ1v) is 9.23. The third-order valence-electron chi connectivity index (χ3n) is 3.14. The average molecular weight is 391 g/mol. The highest BCUT2D eigenvalue weighted by molar-refractivity contribution is 7.14. The summed E-state index contributed by atoms with van der Waals surface area (Å²) < 4.78 is 12.9. The van der Waals surface area contributed by atoms with Crippen molar-refractivity contribution in [2.45, 2.75) is 12.8 Å². The highest BCUT2D eigenvalue weighted by atomic mass is 32.1. The van der Waals surface area contributed by atoms with Crippen LogP contribution >= 0.6 is 22.7 Å². The van der Waals surface area contributed by atoms with E-state index < -0.39 is 5.91 Å². The van der Waals surface area contributed by atoms with Crippen molar-refractivity contribution in [2.75, 3.05) is 10.6 Å². The van der Waals surface area contributed by atoms with Gasteiger partial charge in [0.05, 0.1) is 24.2 Å². The molecule has 0 fully saturated rings. The number of nitrogens with one attached hydrogen (secondary N) is 2. The molecule has 0 spiro atoms. The number of amides is 2. The van der Waals surface area contributed by atoms with Crippen LogP contribution < -0.4 is 16.4 Å². The summed E-state index contributed by atoms with van der Waals surface area (Å²) in [6, 6.07) is 5.92. The zero-order valence-corrected chi connectivity index (χ0v) is 15.0. The zero-order chi connectivity index (χ0) is 18.5. The lowest BCUT2D eigenvalue weighted by atomic mass is 10.3. The molecule has 0 saturated heterocycles. The molecule has 0 unspecified atom stereocenters. The van der Waals surface area contributed by atoms with Gasteiger partial charge in [-0.15, -0.1) is 22.7 Å². The molecule has 3 rings (SSSR count). The summed E-state index contributed by atoms with van der Waals surface area (Å²) in [5.74, 6) is -1.05. The summed E-state index contributed by atoms with van der Waals surface area (Å²) in [5.41, 5.74) is 6.95. The van der Waals surface area contributed by atoms with E-state index in [1.165, 1.54) is 34.8 Å². The number of primary amides is 1. The van der Waals surface area contributed by atoms with Gasteiger partial charge in [0.1, 0.15) is 5.82 Å². The maximum atomic E-state index is 12.9. The van der Waals surface area contributed by atoms with E-state index in [0.29, 0.717) is 27.3 Å². The normalized spacial score (nSPS) is 10.5. The Balaban J connectivity index is 1.54. The fourth-order valence-corrected chi connectivity index (χ4v) is 3.51. The van der Waals surface area contributed by atoms with E-state index in [0.717, 1.165) is 0 Å². The number of nitrogens with zero attached hydrogens (tertiary/aromatic N) is 2. The van der Waals surface area contributed by atoms with Gasteiger partial charge in [-0.25, -0.2) is 14.4 Å². The number of thiazole rings is 2. The third-order valence-corrected chi connectivity index (χ3v) is 4.76. The molecule has 2 aromatic heterocycles. The molecule has 10 heteroatoms. The molecular formula is C16H14FN5O2S2. The van der Waals surface area contributed by atoms with Gasteiger partial charge in [-0.05, 0) is 24.3 Å². The van der Waals surface area contributed by atoms with Crippen molar-refractivity contribution in [1.82, 2.24) is 9.97 Å². The molecule has 0 bridgehead atoms. The second-order valence-corrected chi connectivity index (χ2v) is 7.00. The van der Waals surface area contributed by atoms with E-state index in [9.17, 15) is 14.0 Å². The summed E-state index contributed by atoms with van der Waals surface area (Å²) in [6.45, 7) is 0. The van der Waals surface area contributed by atoms with Gasteiger partial charge in [0.25, 0.3) is 0 Å². The summed E-state index contributed by atoms with van der Waals surface area (Å²) in [5, 5.41) is 10.2. The molecule has 4 N–H and O–H groups in total. The molecule has 1 aromatic carbocycles. The molecule has 0 aliphatic rings. The first-order chi connectivity index (χ1) is 12.5. The number of halogens is 1. The summed E-state index contributed by atoms with van der Waals surface area (Å²) in [6.07, 6.45) is 0.128. The molecule has 0 aliphatic heterocycles. The molecule has 7 nitrogen and oxygen atoms in total. The van der Waals surface area contributed by atoms with Crippen molar-refractivity contribution in [3.63, 3.8) is 0 Å². The van der Waals surface area contributed by atoms with Crippen molar-refractivity contribution in [3.8, 4) is 0 Å². The predicted molar refractivity (Wildman–Crippen MR) is 99.1 cm³/mol. The van der Waals surface area contributed by atoms with E-state index in [2.05, 4.69) is 20.6 Å². The number of aromatic nitrogens is 2. The predicted octanol–water partition coefficient (Wildman–Crippen LogP) is 2.69. The van der Waals surface area contributed by atoms with E-state index in [-0.39, 0.29) is 24.6 Å². The minimum Gasteiger partial charge on any atom is -0.369 e. The first kappa shape index (κ1) is 18.0. The molecule has 2 amide bonds. The van der Waals surface area contributed by atoms with Gasteiger partial charge in [0, 0.05) is 16.4 Å². The Labute approximate surface area is 156 Å². The number of hydrogen-bond acceptors (Lipinski definition) is 7. The van der Waals surface area contributed by atoms with Crippen molar-refractivity contribution in [2.24, 2.45) is 5.73 Å². The van der Waals surface area contributed by atoms with Crippen molar-refractivity contribution in [1.29, 1.82) is 0 Å². The zero-order valence-electron chi connectivity index (χ0n) is 13.4. The summed E-state index contributed by atoms with van der Waals surface area (Å²) in [4.78, 5) is 31.4. The van der Waals surface area contributed by atoms with Gasteiger partial charge < -0.3 is 16.4 Å². The lowest BCUT2D eigenvalue weighted by Crippen LogP contribution is -2.15. The molecular weight excluding hydrogens is 377 g/mol. The minimum atomic E-state index is -0.475. The van der Waals surface area contributed by atoms with Gasteiger partial charge in [0.15, 0.2) is 10.3 Å². The van der Waals surface area contributed by atoms with Crippen LogP contribution in [0.5, 0.6) is 0 Å². The molecule has 0 atom stereocenters. The van der Waals surface area contributed by atoms with Crippen LogP contribution in [0.15, 0.2) is 35.0 Å². The standard InChI is InChI=1S/C16H14FN5O2S2/c17-9-1-3-10(4-2-9)19-15-21-12(8-25-15)6-14(24)22-16-20-11(7-26-16)5-13(18)23/h1-4,7-8H,5-6H2,(H2,18,23)(H,19,21)(H,20,22,24). The van der Waals surface area contributed by atoms with Crippen molar-refractivity contribution < 1.29 is 14.0 Å². The van der Waals surface area contributed by atoms with E-state index in [1.807, 2.05) is 0 Å². The number of rotatable bonds is 7. The maximum absolute atomic E-state index is 12.9. The maximum Gasteiger partial charge on any atom is 0.232 e. The highest BCUT2D eigenvalue weighted by Gasteiger charge is 2.11. The van der Waals surface area contributed by atoms with Gasteiger partial charge in [-0.1, -0.05) is 0 Å². The van der Waals surface area contributed by atoms with Crippen LogP contribution in [0.25, 0.3) is 0 Å². The van der Waals surface area contributed by atoms with Crippen LogP contribution in [0.2, 0.25) is 0 Å². The van der Waals surface area contributed by atoms with Crippen molar-refractivity contribution in [3.05, 3.63) is 52.2 Å². The average Bonchev–Trinajstić information content (AvgIpc) is 3.18. The number of nitrogens with two attached hydrogens (primary N) is 1. The van der Waals surface area contributed by atoms with Crippen LogP contribution in [0.1, 0.15) is 11.4 Å². The van der Waals surface area contributed by atoms with Crippen molar-refractivity contribution >= 4 is 50.4 Å². The lowest BCUT2D eigenvalue weighted by molar-refractivity contribution is -0.117. The largest absolute Gasteiger partial charge is 0.369 e. The molecule has 3 aromatic rings. The summed E-state index contributed by atoms with van der Waals surface area (Å²) >= 11 is 2.57. The van der Waals surface area contributed by atoms with E-state index in [4.69, 9.17) is 5.73 Å². The smallest absolute Gasteiger partial charge is 0.232 e. The SMILES string of the molecule is NC(=O)Cc1csc(NC(=O)Cc2csc(Nc3ccc(F)cc3)n2)n1. The quantitative estimate of drug-likeness (QED) is 0.574. The molecule has 0 radical (unpaired) electrons. The summed E-state index contributed by atoms with van der Waals surface area (Å²) in [7, 11) is 0. The van der Waals surface area contributed by atoms with Gasteiger partial charge in [-0.2, -0.15) is 0 Å². The lowest BCUT2D eigenvalue weighted by Gasteiger charge is -2.01. The highest BCUT2D eigenvalue weighted by Crippen LogP contribution is 2.22. The number of carbonyl (C=O) groups is 2. The van der Waals surface area contributed by atoms with Crippen LogP contribution in [-0.2, 0) is 22.4 Å². The Kier molecular flexibility index (Phi) is 5.54. The van der Waals surface area contributed by atoms with Crippen LogP contribution in [-0.4, -0.2) is 21.8 Å². The van der Waals surface area contributed by atoms with Crippen LogP contribution in [0.3, 0.4) is 0 Å². The van der Waals surface area contributed by atoms with Gasteiger partial charge in [0.2, 0.25) is 11.8 Å². The molecule has 134 valence electrons. The van der Waals surface area contributed by atoms with Crippen LogP contribution in [0, 0.1) is 5.82 Å². The Hall–Kier alpha value is -2.85. The Morgan fingerprint density at radius 3 is 2.31 bits per heavy atom. The number of anilines is 3. The fourth-order valence-electron chi connectivity index (χ4n) is 2.05. The van der Waals surface area contributed by atoms with Crippen LogP contribution in [0.4, 0.5) is 20.3 Å². The Morgan fingerprint density at radius 2 is 1.62 bits per heavy atom. The Bertz CT molecular complexity index is 923. The first-order valence-electron chi connectivity index (χ1n) is 7.47. The molecule has 0 aliphatic carbocycles. The van der Waals surface area contributed by atoms with E-state index >= 15 is 0 Å². The number of hydrogen-bond donors (Lipinski definition) is 3. The fraction of sp³-hybridized carbons (Fsp3) is 0.125. The van der Waals surface area contributed by atoms with Gasteiger partial charge >= 0.3 is 0 Å². The monoisotopic (exact) mass is 391 g/mol. The molecule has 0 saturated carbocycles.